The molecule has 0 saturated carbocycles. The molecule has 5 nitrogen and oxygen atoms in total. The zero-order valence-electron chi connectivity index (χ0n) is 13.4. The minimum absolute atomic E-state index is 0.337. The van der Waals surface area contributed by atoms with Gasteiger partial charge >= 0.3 is 0 Å². The highest BCUT2D eigenvalue weighted by Crippen LogP contribution is 2.24. The number of anilines is 1. The van der Waals surface area contributed by atoms with Crippen LogP contribution in [0.2, 0.25) is 0 Å². The number of aromatic nitrogens is 1. The number of likely N-dealkylation sites (N-methyl/N-ethyl adjacent to an activating group) is 1. The van der Waals surface area contributed by atoms with E-state index in [9.17, 15) is 4.39 Å². The molecule has 122 valence electrons. The van der Waals surface area contributed by atoms with E-state index in [1.165, 1.54) is 12.5 Å². The Morgan fingerprint density at radius 3 is 3.00 bits per heavy atom. The number of likely N-dealkylation sites (tertiary alicyclic amines) is 1. The second-order valence-electron chi connectivity index (χ2n) is 6.32. The van der Waals surface area contributed by atoms with Crippen LogP contribution in [0.25, 0.3) is 0 Å². The number of hydrogen-bond donors (Lipinski definition) is 1. The largest absolute Gasteiger partial charge is 0.476 e. The topological polar surface area (TPSA) is 40.6 Å². The van der Waals surface area contributed by atoms with E-state index < -0.39 is 5.95 Å². The third-order valence-electron chi connectivity index (χ3n) is 4.68. The fourth-order valence-electron chi connectivity index (χ4n) is 3.30. The molecule has 0 unspecified atom stereocenters. The first-order valence-electron chi connectivity index (χ1n) is 8.11. The third-order valence-corrected chi connectivity index (χ3v) is 4.68. The van der Waals surface area contributed by atoms with E-state index in [-0.39, 0.29) is 0 Å². The molecule has 22 heavy (non-hydrogen) atoms. The van der Waals surface area contributed by atoms with E-state index in [1.54, 1.807) is 0 Å². The third kappa shape index (κ3) is 3.50. The van der Waals surface area contributed by atoms with Crippen LogP contribution in [0.15, 0.2) is 12.1 Å². The first-order chi connectivity index (χ1) is 10.6. The summed E-state index contributed by atoms with van der Waals surface area (Å²) < 4.78 is 19.6. The minimum Gasteiger partial charge on any atom is -0.476 e. The Balaban J connectivity index is 1.69. The zero-order valence-corrected chi connectivity index (χ0v) is 13.4. The van der Waals surface area contributed by atoms with Crippen LogP contribution in [0.5, 0.6) is 5.88 Å². The van der Waals surface area contributed by atoms with Crippen molar-refractivity contribution in [3.63, 3.8) is 0 Å². The Morgan fingerprint density at radius 1 is 1.41 bits per heavy atom. The lowest BCUT2D eigenvalue weighted by molar-refractivity contribution is 0.192. The van der Waals surface area contributed by atoms with Crippen molar-refractivity contribution in [3.05, 3.63) is 18.1 Å². The molecular formula is C16H25FN4O. The van der Waals surface area contributed by atoms with E-state index in [0.717, 1.165) is 38.3 Å². The lowest BCUT2D eigenvalue weighted by Crippen LogP contribution is -2.50. The summed E-state index contributed by atoms with van der Waals surface area (Å²) in [6, 6.07) is 4.10. The Labute approximate surface area is 131 Å². The number of hydrogen-bond acceptors (Lipinski definition) is 5. The van der Waals surface area contributed by atoms with Gasteiger partial charge < -0.3 is 19.9 Å². The van der Waals surface area contributed by atoms with Gasteiger partial charge in [0.2, 0.25) is 11.8 Å². The number of pyridine rings is 1. The van der Waals surface area contributed by atoms with Gasteiger partial charge in [-0.2, -0.15) is 9.37 Å². The SMILES string of the molecule is C[C@@H]1CNCCN1c1cc(F)nc(OC[C@@H]2CCCN2C)c1. The molecule has 1 aromatic rings. The van der Waals surface area contributed by atoms with Crippen LogP contribution in [0.1, 0.15) is 19.8 Å². The summed E-state index contributed by atoms with van der Waals surface area (Å²) in [5.41, 5.74) is 0.858. The minimum atomic E-state index is -0.474. The molecule has 1 N–H and O–H groups in total. The van der Waals surface area contributed by atoms with Crippen LogP contribution in [0, 0.1) is 5.95 Å². The van der Waals surface area contributed by atoms with Crippen molar-refractivity contribution in [2.24, 2.45) is 0 Å². The van der Waals surface area contributed by atoms with E-state index in [0.29, 0.717) is 24.6 Å². The van der Waals surface area contributed by atoms with Gasteiger partial charge in [-0.25, -0.2) is 0 Å². The van der Waals surface area contributed by atoms with Gasteiger partial charge in [-0.1, -0.05) is 0 Å². The number of nitrogens with zero attached hydrogens (tertiary/aromatic N) is 3. The fraction of sp³-hybridized carbons (Fsp3) is 0.688. The second kappa shape index (κ2) is 6.79. The fourth-order valence-corrected chi connectivity index (χ4v) is 3.30. The van der Waals surface area contributed by atoms with Crippen molar-refractivity contribution in [1.82, 2.24) is 15.2 Å². The molecule has 0 spiro atoms. The van der Waals surface area contributed by atoms with E-state index in [4.69, 9.17) is 4.74 Å². The average molecular weight is 308 g/mol. The van der Waals surface area contributed by atoms with Gasteiger partial charge in [-0.05, 0) is 33.4 Å². The molecule has 2 atom stereocenters. The van der Waals surface area contributed by atoms with Crippen molar-refractivity contribution in [3.8, 4) is 5.88 Å². The number of piperazine rings is 1. The maximum absolute atomic E-state index is 13.8. The molecular weight excluding hydrogens is 283 g/mol. The molecule has 0 aliphatic carbocycles. The van der Waals surface area contributed by atoms with Gasteiger partial charge in [0.1, 0.15) is 6.61 Å². The molecule has 2 saturated heterocycles. The van der Waals surface area contributed by atoms with Gasteiger partial charge in [0, 0.05) is 49.5 Å². The summed E-state index contributed by atoms with van der Waals surface area (Å²) in [4.78, 5) is 8.38. The monoisotopic (exact) mass is 308 g/mol. The quantitative estimate of drug-likeness (QED) is 0.854. The molecule has 2 aliphatic rings. The van der Waals surface area contributed by atoms with Crippen LogP contribution in [-0.2, 0) is 0 Å². The summed E-state index contributed by atoms with van der Waals surface area (Å²) in [7, 11) is 2.11. The van der Waals surface area contributed by atoms with Gasteiger partial charge in [-0.3, -0.25) is 0 Å². The normalized spacial score (nSPS) is 26.4. The standard InChI is InChI=1S/C16H25FN4O/c1-12-10-18-5-7-21(12)14-8-15(17)19-16(9-14)22-11-13-4-3-6-20(13)2/h8-9,12-13,18H,3-7,10-11H2,1-2H3/t12-,13+/m1/s1. The van der Waals surface area contributed by atoms with E-state index in [1.807, 2.05) is 6.07 Å². The number of nitrogens with one attached hydrogen (secondary N) is 1. The molecule has 0 aromatic carbocycles. The molecule has 1 aromatic heterocycles. The maximum atomic E-state index is 13.8. The van der Waals surface area contributed by atoms with Crippen LogP contribution < -0.4 is 15.0 Å². The highest BCUT2D eigenvalue weighted by Gasteiger charge is 2.23. The van der Waals surface area contributed by atoms with Crippen LogP contribution in [-0.4, -0.2) is 61.8 Å². The van der Waals surface area contributed by atoms with Crippen molar-refractivity contribution in [2.45, 2.75) is 31.8 Å². The molecule has 6 heteroatoms. The Morgan fingerprint density at radius 2 is 2.27 bits per heavy atom. The molecule has 3 rings (SSSR count). The highest BCUT2D eigenvalue weighted by molar-refractivity contribution is 5.50. The van der Waals surface area contributed by atoms with Crippen molar-refractivity contribution >= 4 is 5.69 Å². The predicted octanol–water partition coefficient (Wildman–Crippen LogP) is 1.49. The van der Waals surface area contributed by atoms with Gasteiger partial charge in [-0.15, -0.1) is 0 Å². The predicted molar refractivity (Wildman–Crippen MR) is 85.0 cm³/mol. The van der Waals surface area contributed by atoms with Crippen LogP contribution in [0.3, 0.4) is 0 Å². The lowest BCUT2D eigenvalue weighted by Gasteiger charge is -2.35. The molecule has 0 radical (unpaired) electrons. The van der Waals surface area contributed by atoms with E-state index >= 15 is 0 Å². The summed E-state index contributed by atoms with van der Waals surface area (Å²) in [6.07, 6.45) is 2.33. The van der Waals surface area contributed by atoms with Crippen molar-refractivity contribution in [1.29, 1.82) is 0 Å². The number of ether oxygens (including phenoxy) is 1. The molecule has 2 aliphatic heterocycles. The van der Waals surface area contributed by atoms with Gasteiger partial charge in [0.25, 0.3) is 0 Å². The molecule has 0 bridgehead atoms. The van der Waals surface area contributed by atoms with E-state index in [2.05, 4.69) is 34.1 Å². The molecule has 0 amide bonds. The first kappa shape index (κ1) is 15.5. The Bertz CT molecular complexity index is 513. The number of rotatable bonds is 4. The van der Waals surface area contributed by atoms with Gasteiger partial charge in [0.15, 0.2) is 0 Å². The zero-order chi connectivity index (χ0) is 15.5. The van der Waals surface area contributed by atoms with Crippen molar-refractivity contribution in [2.75, 3.05) is 44.7 Å². The Hall–Kier alpha value is -1.40. The maximum Gasteiger partial charge on any atom is 0.218 e. The van der Waals surface area contributed by atoms with Crippen LogP contribution >= 0.6 is 0 Å². The summed E-state index contributed by atoms with van der Waals surface area (Å²) >= 11 is 0. The van der Waals surface area contributed by atoms with Crippen LogP contribution in [0.4, 0.5) is 10.1 Å². The number of halogens is 1. The van der Waals surface area contributed by atoms with Crippen molar-refractivity contribution < 1.29 is 9.13 Å². The highest BCUT2D eigenvalue weighted by atomic mass is 19.1. The summed E-state index contributed by atoms with van der Waals surface area (Å²) in [5.74, 6) is -0.0842. The lowest BCUT2D eigenvalue weighted by atomic mass is 10.2. The first-order valence-corrected chi connectivity index (χ1v) is 8.11. The van der Waals surface area contributed by atoms with Gasteiger partial charge in [0.05, 0.1) is 0 Å². The molecule has 2 fully saturated rings. The summed E-state index contributed by atoms with van der Waals surface area (Å²) in [6.45, 7) is 6.51. The Kier molecular flexibility index (Phi) is 4.78. The average Bonchev–Trinajstić information content (AvgIpc) is 2.90. The smallest absolute Gasteiger partial charge is 0.218 e. The molecule has 3 heterocycles. The summed E-state index contributed by atoms with van der Waals surface area (Å²) in [5, 5.41) is 3.34. The second-order valence-corrected chi connectivity index (χ2v) is 6.32.